The first kappa shape index (κ1) is 19.2. The number of rotatable bonds is 4. The summed E-state index contributed by atoms with van der Waals surface area (Å²) in [6, 6.07) is 10.5. The van der Waals surface area contributed by atoms with Gasteiger partial charge in [0.05, 0.1) is 24.5 Å². The van der Waals surface area contributed by atoms with Crippen molar-refractivity contribution in [1.29, 1.82) is 0 Å². The number of fused-ring (bicyclic) bond motifs is 1. The molecular weight excluding hydrogens is 383 g/mol. The molecule has 0 fully saturated rings. The first-order valence-electron chi connectivity index (χ1n) is 7.87. The summed E-state index contributed by atoms with van der Waals surface area (Å²) in [6.45, 7) is -0.455. The van der Waals surface area contributed by atoms with Gasteiger partial charge in [-0.25, -0.2) is 8.42 Å². The van der Waals surface area contributed by atoms with Gasteiger partial charge in [-0.2, -0.15) is 17.5 Å². The lowest BCUT2D eigenvalue weighted by molar-refractivity contribution is -0.137. The maximum atomic E-state index is 12.9. The Labute approximate surface area is 154 Å². The van der Waals surface area contributed by atoms with Crippen LogP contribution in [0.5, 0.6) is 0 Å². The van der Waals surface area contributed by atoms with Crippen LogP contribution in [0, 0.1) is 0 Å². The van der Waals surface area contributed by atoms with Crippen molar-refractivity contribution in [3.8, 4) is 0 Å². The summed E-state index contributed by atoms with van der Waals surface area (Å²) < 4.78 is 64.9. The highest BCUT2D eigenvalue weighted by molar-refractivity contribution is 7.89. The maximum absolute atomic E-state index is 12.9. The van der Waals surface area contributed by atoms with Crippen molar-refractivity contribution in [2.45, 2.75) is 17.6 Å². The Hall–Kier alpha value is -2.59. The molecule has 0 spiro atoms. The fraction of sp³-hybridized carbons (Fsp3) is 0.235. The van der Waals surface area contributed by atoms with Crippen molar-refractivity contribution in [3.63, 3.8) is 0 Å². The van der Waals surface area contributed by atoms with Crippen molar-refractivity contribution < 1.29 is 26.4 Å². The molecule has 2 aromatic rings. The Bertz CT molecular complexity index is 959. The number of halogens is 3. The highest BCUT2D eigenvalue weighted by Crippen LogP contribution is 2.34. The number of para-hydroxylation sites is 1. The van der Waals surface area contributed by atoms with E-state index in [4.69, 9.17) is 5.73 Å². The number of hydrogen-bond acceptors (Lipinski definition) is 4. The summed E-state index contributed by atoms with van der Waals surface area (Å²) in [6.07, 6.45) is -4.47. The Morgan fingerprint density at radius 3 is 2.30 bits per heavy atom. The van der Waals surface area contributed by atoms with Crippen LogP contribution < -0.4 is 10.6 Å². The largest absolute Gasteiger partial charge is 0.416 e. The quantitative estimate of drug-likeness (QED) is 0.854. The minimum atomic E-state index is -4.47. The van der Waals surface area contributed by atoms with Gasteiger partial charge in [-0.05, 0) is 29.8 Å². The molecule has 0 radical (unpaired) electrons. The standard InChI is InChI=1S/C17H16F3N3O3S/c18-17(19,20)13-7-5-12(6-8-13)9-23-11-22(10-16(21)24)14-3-1-2-4-15(14)27(23,25)26/h1-8H,9-11H2,(H2,21,24). The van der Waals surface area contributed by atoms with Gasteiger partial charge in [-0.15, -0.1) is 0 Å². The number of alkyl halides is 3. The monoisotopic (exact) mass is 399 g/mol. The zero-order chi connectivity index (χ0) is 19.8. The van der Waals surface area contributed by atoms with Gasteiger partial charge < -0.3 is 10.6 Å². The molecule has 0 aliphatic carbocycles. The van der Waals surface area contributed by atoms with E-state index in [9.17, 15) is 26.4 Å². The average molecular weight is 399 g/mol. The molecule has 0 saturated heterocycles. The normalized spacial score (nSPS) is 16.8. The Balaban J connectivity index is 1.92. The second kappa shape index (κ2) is 6.86. The molecule has 2 aromatic carbocycles. The van der Waals surface area contributed by atoms with Gasteiger partial charge in [-0.1, -0.05) is 24.3 Å². The average Bonchev–Trinajstić information content (AvgIpc) is 2.59. The molecule has 1 aliphatic rings. The number of amides is 1. The van der Waals surface area contributed by atoms with Gasteiger partial charge >= 0.3 is 6.18 Å². The van der Waals surface area contributed by atoms with Crippen molar-refractivity contribution >= 4 is 21.6 Å². The predicted molar refractivity (Wildman–Crippen MR) is 92.0 cm³/mol. The minimum absolute atomic E-state index is 0.0180. The third-order valence-corrected chi connectivity index (χ3v) is 5.96. The second-order valence-electron chi connectivity index (χ2n) is 6.08. The molecule has 10 heteroatoms. The number of primary amides is 1. The number of sulfonamides is 1. The van der Waals surface area contributed by atoms with Crippen LogP contribution in [0.25, 0.3) is 0 Å². The zero-order valence-corrected chi connectivity index (χ0v) is 14.8. The van der Waals surface area contributed by atoms with E-state index in [1.54, 1.807) is 18.2 Å². The van der Waals surface area contributed by atoms with Gasteiger partial charge in [0, 0.05) is 6.54 Å². The Morgan fingerprint density at radius 2 is 1.70 bits per heavy atom. The molecule has 3 rings (SSSR count). The predicted octanol–water partition coefficient (Wildman–Crippen LogP) is 2.16. The molecule has 1 heterocycles. The van der Waals surface area contributed by atoms with E-state index in [1.807, 2.05) is 0 Å². The van der Waals surface area contributed by atoms with Gasteiger partial charge in [0.2, 0.25) is 15.9 Å². The fourth-order valence-electron chi connectivity index (χ4n) is 2.88. The third kappa shape index (κ3) is 3.91. The molecule has 0 atom stereocenters. The summed E-state index contributed by atoms with van der Waals surface area (Å²) in [5.74, 6) is -0.626. The number of nitrogens with zero attached hydrogens (tertiary/aromatic N) is 2. The summed E-state index contributed by atoms with van der Waals surface area (Å²) in [5, 5.41) is 0. The van der Waals surface area contributed by atoms with Crippen LogP contribution in [0.4, 0.5) is 18.9 Å². The van der Waals surface area contributed by atoms with E-state index >= 15 is 0 Å². The minimum Gasteiger partial charge on any atom is -0.368 e. The molecule has 0 unspecified atom stereocenters. The molecule has 1 aliphatic heterocycles. The van der Waals surface area contributed by atoms with Crippen LogP contribution in [0.15, 0.2) is 53.4 Å². The van der Waals surface area contributed by atoms with Gasteiger partial charge in [0.1, 0.15) is 4.90 Å². The second-order valence-corrected chi connectivity index (χ2v) is 7.99. The summed E-state index contributed by atoms with van der Waals surface area (Å²) in [4.78, 5) is 12.9. The fourth-order valence-corrected chi connectivity index (χ4v) is 4.48. The number of hydrogen-bond donors (Lipinski definition) is 1. The van der Waals surface area contributed by atoms with Gasteiger partial charge in [0.25, 0.3) is 0 Å². The van der Waals surface area contributed by atoms with Crippen molar-refractivity contribution in [1.82, 2.24) is 4.31 Å². The summed E-state index contributed by atoms with van der Waals surface area (Å²) in [5.41, 5.74) is 5.19. The Kier molecular flexibility index (Phi) is 4.87. The van der Waals surface area contributed by atoms with E-state index in [0.717, 1.165) is 16.4 Å². The topological polar surface area (TPSA) is 83.7 Å². The summed E-state index contributed by atoms with van der Waals surface area (Å²) >= 11 is 0. The van der Waals surface area contributed by atoms with E-state index < -0.39 is 27.7 Å². The molecule has 1 amide bonds. The lowest BCUT2D eigenvalue weighted by Crippen LogP contribution is -2.48. The van der Waals surface area contributed by atoms with Crippen molar-refractivity contribution in [3.05, 3.63) is 59.7 Å². The number of benzene rings is 2. The van der Waals surface area contributed by atoms with Crippen LogP contribution in [0.1, 0.15) is 11.1 Å². The molecule has 27 heavy (non-hydrogen) atoms. The first-order valence-corrected chi connectivity index (χ1v) is 9.31. The van der Waals surface area contributed by atoms with Crippen LogP contribution in [-0.2, 0) is 27.5 Å². The maximum Gasteiger partial charge on any atom is 0.416 e. The van der Waals surface area contributed by atoms with Crippen molar-refractivity contribution in [2.75, 3.05) is 18.1 Å². The SMILES string of the molecule is NC(=O)CN1CN(Cc2ccc(C(F)(F)F)cc2)S(=O)(=O)c2ccccc21. The van der Waals surface area contributed by atoms with Gasteiger partial charge in [0.15, 0.2) is 0 Å². The zero-order valence-electron chi connectivity index (χ0n) is 14.0. The lowest BCUT2D eigenvalue weighted by Gasteiger charge is -2.37. The summed E-state index contributed by atoms with van der Waals surface area (Å²) in [7, 11) is -3.87. The van der Waals surface area contributed by atoms with Crippen LogP contribution in [-0.4, -0.2) is 31.8 Å². The van der Waals surface area contributed by atoms with E-state index in [2.05, 4.69) is 0 Å². The van der Waals surface area contributed by atoms with E-state index in [-0.39, 0.29) is 24.7 Å². The molecule has 0 bridgehead atoms. The smallest absolute Gasteiger partial charge is 0.368 e. The number of nitrogens with two attached hydrogens (primary N) is 1. The molecule has 0 saturated carbocycles. The first-order chi connectivity index (χ1) is 12.6. The third-order valence-electron chi connectivity index (χ3n) is 4.14. The molecule has 2 N–H and O–H groups in total. The number of anilines is 1. The molecule has 0 aromatic heterocycles. The van der Waals surface area contributed by atoms with E-state index in [1.165, 1.54) is 23.1 Å². The van der Waals surface area contributed by atoms with Crippen molar-refractivity contribution in [2.24, 2.45) is 5.73 Å². The Morgan fingerprint density at radius 1 is 1.07 bits per heavy atom. The van der Waals surface area contributed by atoms with Crippen LogP contribution in [0.3, 0.4) is 0 Å². The van der Waals surface area contributed by atoms with Crippen LogP contribution >= 0.6 is 0 Å². The van der Waals surface area contributed by atoms with E-state index in [0.29, 0.717) is 11.3 Å². The molecule has 6 nitrogen and oxygen atoms in total. The van der Waals surface area contributed by atoms with Gasteiger partial charge in [-0.3, -0.25) is 4.79 Å². The highest BCUT2D eigenvalue weighted by atomic mass is 32.2. The van der Waals surface area contributed by atoms with Crippen LogP contribution in [0.2, 0.25) is 0 Å². The number of carbonyl (C=O) groups is 1. The lowest BCUT2D eigenvalue weighted by atomic mass is 10.1. The highest BCUT2D eigenvalue weighted by Gasteiger charge is 2.36. The molecule has 144 valence electrons. The molecular formula is C17H16F3N3O3S. The number of carbonyl (C=O) groups excluding carboxylic acids is 1.